The lowest BCUT2D eigenvalue weighted by molar-refractivity contribution is 0.167. The van der Waals surface area contributed by atoms with Crippen molar-refractivity contribution in [3.8, 4) is 0 Å². The molecule has 0 aliphatic heterocycles. The average molecular weight is 256 g/mol. The zero-order valence-corrected chi connectivity index (χ0v) is 10.3. The maximum absolute atomic E-state index is 11.3. The Balaban J connectivity index is 2.05. The van der Waals surface area contributed by atoms with Crippen molar-refractivity contribution in [2.45, 2.75) is 6.92 Å². The molecule has 0 bridgehead atoms. The van der Waals surface area contributed by atoms with Crippen LogP contribution in [0, 0.1) is 0 Å². The second-order valence-electron chi connectivity index (χ2n) is 3.95. The zero-order chi connectivity index (χ0) is 13.2. The van der Waals surface area contributed by atoms with E-state index in [1.54, 1.807) is 17.6 Å². The third-order valence-corrected chi connectivity index (χ3v) is 2.72. The van der Waals surface area contributed by atoms with Crippen molar-refractivity contribution in [3.63, 3.8) is 0 Å². The van der Waals surface area contributed by atoms with Crippen LogP contribution in [0.5, 0.6) is 0 Å². The van der Waals surface area contributed by atoms with Crippen molar-refractivity contribution >= 4 is 28.5 Å². The Morgan fingerprint density at radius 3 is 3.05 bits per heavy atom. The topological polar surface area (TPSA) is 68.5 Å². The number of ether oxygens (including phenoxy) is 1. The normalized spacial score (nSPS) is 10.8. The second kappa shape index (κ2) is 4.56. The van der Waals surface area contributed by atoms with Gasteiger partial charge in [0.15, 0.2) is 5.65 Å². The molecule has 2 heterocycles. The fourth-order valence-corrected chi connectivity index (χ4v) is 1.92. The first kappa shape index (κ1) is 11.5. The molecule has 0 radical (unpaired) electrons. The third-order valence-electron chi connectivity index (χ3n) is 2.72. The number of pyridine rings is 1. The van der Waals surface area contributed by atoms with Crippen molar-refractivity contribution in [2.75, 3.05) is 11.9 Å². The molecule has 0 unspecified atom stereocenters. The fraction of sp³-hybridized carbons (Fsp3) is 0.154. The molecule has 6 nitrogen and oxygen atoms in total. The van der Waals surface area contributed by atoms with Crippen molar-refractivity contribution in [1.29, 1.82) is 0 Å². The lowest BCUT2D eigenvalue weighted by atomic mass is 10.2. The van der Waals surface area contributed by atoms with E-state index in [-0.39, 0.29) is 5.95 Å². The zero-order valence-electron chi connectivity index (χ0n) is 10.3. The molecule has 0 aliphatic carbocycles. The van der Waals surface area contributed by atoms with Gasteiger partial charge in [0.25, 0.3) is 5.95 Å². The third kappa shape index (κ3) is 2.08. The van der Waals surface area contributed by atoms with Crippen LogP contribution < -0.4 is 5.32 Å². The van der Waals surface area contributed by atoms with Crippen LogP contribution in [0.4, 0.5) is 10.7 Å². The number of benzene rings is 1. The molecular weight excluding hydrogens is 244 g/mol. The average Bonchev–Trinajstić information content (AvgIpc) is 2.81. The van der Waals surface area contributed by atoms with Crippen molar-refractivity contribution < 1.29 is 9.53 Å². The Bertz CT molecular complexity index is 751. The minimum Gasteiger partial charge on any atom is -0.450 e. The number of hydrogen-bond donors (Lipinski definition) is 1. The molecule has 19 heavy (non-hydrogen) atoms. The Morgan fingerprint density at radius 2 is 2.21 bits per heavy atom. The van der Waals surface area contributed by atoms with E-state index in [4.69, 9.17) is 4.74 Å². The number of hydrogen-bond acceptors (Lipinski definition) is 4. The van der Waals surface area contributed by atoms with Gasteiger partial charge in [0, 0.05) is 11.6 Å². The highest BCUT2D eigenvalue weighted by Gasteiger charge is 2.10. The van der Waals surface area contributed by atoms with E-state index in [1.165, 1.54) is 0 Å². The van der Waals surface area contributed by atoms with Crippen LogP contribution in [0.1, 0.15) is 6.92 Å². The lowest BCUT2D eigenvalue weighted by Gasteiger charge is -1.98. The number of anilines is 1. The highest BCUT2D eigenvalue weighted by molar-refractivity contribution is 5.94. The van der Waals surface area contributed by atoms with E-state index >= 15 is 0 Å². The molecule has 0 aliphatic rings. The number of amides is 1. The molecule has 0 spiro atoms. The van der Waals surface area contributed by atoms with Crippen molar-refractivity contribution in [3.05, 3.63) is 36.5 Å². The van der Waals surface area contributed by atoms with Gasteiger partial charge in [-0.25, -0.2) is 9.31 Å². The van der Waals surface area contributed by atoms with E-state index in [9.17, 15) is 4.79 Å². The summed E-state index contributed by atoms with van der Waals surface area (Å²) in [6.45, 7) is 2.05. The molecule has 0 saturated carbocycles. The Labute approximate surface area is 109 Å². The van der Waals surface area contributed by atoms with Gasteiger partial charge in [0.2, 0.25) is 0 Å². The van der Waals surface area contributed by atoms with Gasteiger partial charge >= 0.3 is 6.09 Å². The molecule has 1 N–H and O–H groups in total. The maximum atomic E-state index is 11.3. The molecule has 3 rings (SSSR count). The number of carbonyl (C=O) groups excluding carboxylic acids is 1. The van der Waals surface area contributed by atoms with Crippen LogP contribution in [-0.2, 0) is 4.74 Å². The summed E-state index contributed by atoms with van der Waals surface area (Å²) in [6, 6.07) is 9.82. The van der Waals surface area contributed by atoms with E-state index in [0.717, 1.165) is 10.8 Å². The quantitative estimate of drug-likeness (QED) is 0.764. The second-order valence-corrected chi connectivity index (χ2v) is 3.95. The van der Waals surface area contributed by atoms with Crippen LogP contribution in [0.15, 0.2) is 36.5 Å². The molecule has 96 valence electrons. The van der Waals surface area contributed by atoms with Gasteiger partial charge in [-0.1, -0.05) is 24.3 Å². The first-order chi connectivity index (χ1) is 9.28. The van der Waals surface area contributed by atoms with Crippen LogP contribution in [0.2, 0.25) is 0 Å². The summed E-state index contributed by atoms with van der Waals surface area (Å²) in [4.78, 5) is 15.6. The predicted molar refractivity (Wildman–Crippen MR) is 71.1 cm³/mol. The number of nitrogens with zero attached hydrogens (tertiary/aromatic N) is 3. The van der Waals surface area contributed by atoms with Crippen molar-refractivity contribution in [2.24, 2.45) is 0 Å². The Hall–Kier alpha value is -2.63. The van der Waals surface area contributed by atoms with E-state index in [1.807, 2.05) is 30.3 Å². The molecule has 1 aromatic carbocycles. The lowest BCUT2D eigenvalue weighted by Crippen LogP contribution is -2.14. The molecule has 0 saturated heterocycles. The largest absolute Gasteiger partial charge is 0.450 e. The minimum atomic E-state index is -0.553. The van der Waals surface area contributed by atoms with Gasteiger partial charge < -0.3 is 4.74 Å². The molecule has 1 amide bonds. The van der Waals surface area contributed by atoms with E-state index in [0.29, 0.717) is 12.3 Å². The summed E-state index contributed by atoms with van der Waals surface area (Å²) in [5, 5.41) is 8.73. The first-order valence-electron chi connectivity index (χ1n) is 5.96. The number of nitrogens with one attached hydrogen (secondary N) is 1. The summed E-state index contributed by atoms with van der Waals surface area (Å²) >= 11 is 0. The maximum Gasteiger partial charge on any atom is 0.414 e. The number of rotatable bonds is 2. The summed E-state index contributed by atoms with van der Waals surface area (Å²) in [5.41, 5.74) is 0.699. The Morgan fingerprint density at radius 1 is 1.37 bits per heavy atom. The number of carbonyl (C=O) groups is 1. The smallest absolute Gasteiger partial charge is 0.414 e. The highest BCUT2D eigenvalue weighted by Crippen LogP contribution is 2.19. The Kier molecular flexibility index (Phi) is 2.75. The van der Waals surface area contributed by atoms with Gasteiger partial charge in [-0.05, 0) is 18.4 Å². The standard InChI is InChI=1S/C13H12N4O2/c1-2-19-13(18)15-12-14-11-10-6-4-3-5-9(10)7-8-17(11)16-12/h3-8H,2H2,1H3,(H,15,16,18). The minimum absolute atomic E-state index is 0.231. The molecular formula is C13H12N4O2. The van der Waals surface area contributed by atoms with Gasteiger partial charge in [0.05, 0.1) is 6.61 Å². The van der Waals surface area contributed by atoms with Gasteiger partial charge in [-0.15, -0.1) is 5.10 Å². The molecule has 0 fully saturated rings. The molecule has 3 aromatic rings. The number of fused-ring (bicyclic) bond motifs is 3. The van der Waals surface area contributed by atoms with Gasteiger partial charge in [-0.2, -0.15) is 4.98 Å². The summed E-state index contributed by atoms with van der Waals surface area (Å²) in [6.07, 6.45) is 1.25. The summed E-state index contributed by atoms with van der Waals surface area (Å²) in [7, 11) is 0. The molecule has 6 heteroatoms. The van der Waals surface area contributed by atoms with Crippen LogP contribution in [0.25, 0.3) is 16.4 Å². The van der Waals surface area contributed by atoms with Crippen LogP contribution >= 0.6 is 0 Å². The summed E-state index contributed by atoms with van der Waals surface area (Å²) in [5.74, 6) is 0.231. The predicted octanol–water partition coefficient (Wildman–Crippen LogP) is 2.45. The number of aromatic nitrogens is 3. The van der Waals surface area contributed by atoms with E-state index < -0.39 is 6.09 Å². The van der Waals surface area contributed by atoms with E-state index in [2.05, 4.69) is 15.4 Å². The van der Waals surface area contributed by atoms with Gasteiger partial charge in [-0.3, -0.25) is 5.32 Å². The highest BCUT2D eigenvalue weighted by atomic mass is 16.5. The molecule has 0 atom stereocenters. The fourth-order valence-electron chi connectivity index (χ4n) is 1.92. The monoisotopic (exact) mass is 256 g/mol. The summed E-state index contributed by atoms with van der Waals surface area (Å²) < 4.78 is 6.42. The SMILES string of the molecule is CCOC(=O)Nc1nc2c3ccccc3ccn2n1. The van der Waals surface area contributed by atoms with Gasteiger partial charge in [0.1, 0.15) is 0 Å². The van der Waals surface area contributed by atoms with Crippen LogP contribution in [0.3, 0.4) is 0 Å². The first-order valence-corrected chi connectivity index (χ1v) is 5.96. The molecule has 2 aromatic heterocycles. The van der Waals surface area contributed by atoms with Crippen LogP contribution in [-0.4, -0.2) is 27.3 Å². The van der Waals surface area contributed by atoms with Crippen molar-refractivity contribution in [1.82, 2.24) is 14.6 Å².